The molecule has 0 saturated carbocycles. The molecule has 0 aliphatic rings. The number of nitro groups is 1. The van der Waals surface area contributed by atoms with Crippen molar-refractivity contribution in [1.29, 1.82) is 0 Å². The van der Waals surface area contributed by atoms with Gasteiger partial charge in [-0.25, -0.2) is 4.68 Å². The van der Waals surface area contributed by atoms with Crippen LogP contribution in [0.4, 0.5) is 5.69 Å². The molecule has 0 unspecified atom stereocenters. The largest absolute Gasteiger partial charge is 0.456 e. The number of rotatable bonds is 5. The minimum absolute atomic E-state index is 0.148. The maximum Gasteiger partial charge on any atom is 0.275 e. The van der Waals surface area contributed by atoms with Crippen molar-refractivity contribution in [1.82, 2.24) is 9.78 Å². The highest BCUT2D eigenvalue weighted by Gasteiger charge is 2.21. The van der Waals surface area contributed by atoms with E-state index in [2.05, 4.69) is 5.10 Å². The lowest BCUT2D eigenvalue weighted by Gasteiger charge is -2.08. The van der Waals surface area contributed by atoms with Gasteiger partial charge in [-0.05, 0) is 24.3 Å². The molecule has 1 aromatic heterocycles. The molecule has 0 fully saturated rings. The van der Waals surface area contributed by atoms with E-state index in [9.17, 15) is 14.9 Å². The molecule has 27 heavy (non-hydrogen) atoms. The van der Waals surface area contributed by atoms with Gasteiger partial charge in [-0.15, -0.1) is 0 Å². The van der Waals surface area contributed by atoms with Crippen molar-refractivity contribution in [3.8, 4) is 17.2 Å². The summed E-state index contributed by atoms with van der Waals surface area (Å²) >= 11 is 0. The van der Waals surface area contributed by atoms with E-state index in [4.69, 9.17) is 4.74 Å². The molecule has 0 spiro atoms. The maximum absolute atomic E-state index is 11.6. The molecule has 7 heteroatoms. The quantitative estimate of drug-likeness (QED) is 0.297. The van der Waals surface area contributed by atoms with Crippen LogP contribution in [-0.2, 0) is 0 Å². The number of aldehydes is 1. The second kappa shape index (κ2) is 6.72. The van der Waals surface area contributed by atoms with Crippen LogP contribution in [0.1, 0.15) is 10.5 Å². The van der Waals surface area contributed by atoms with Crippen LogP contribution >= 0.6 is 0 Å². The fourth-order valence-corrected chi connectivity index (χ4v) is 2.87. The number of para-hydroxylation sites is 2. The van der Waals surface area contributed by atoms with Crippen LogP contribution in [0.5, 0.6) is 11.5 Å². The van der Waals surface area contributed by atoms with Crippen molar-refractivity contribution in [2.75, 3.05) is 0 Å². The van der Waals surface area contributed by atoms with Gasteiger partial charge in [-0.1, -0.05) is 36.4 Å². The number of ether oxygens (including phenoxy) is 1. The number of non-ortho nitro benzene ring substituents is 1. The first kappa shape index (κ1) is 16.5. The lowest BCUT2D eigenvalue weighted by molar-refractivity contribution is -0.384. The van der Waals surface area contributed by atoms with Crippen molar-refractivity contribution < 1.29 is 14.5 Å². The Morgan fingerprint density at radius 1 is 1.00 bits per heavy atom. The first-order valence-electron chi connectivity index (χ1n) is 8.12. The number of carbonyl (C=O) groups excluding carboxylic acids is 1. The monoisotopic (exact) mass is 359 g/mol. The second-order valence-electron chi connectivity index (χ2n) is 5.76. The molecular formula is C20H13N3O4. The number of hydrogen-bond acceptors (Lipinski definition) is 5. The molecule has 0 aliphatic carbocycles. The average Bonchev–Trinajstić information content (AvgIpc) is 3.08. The Hall–Kier alpha value is -4.00. The van der Waals surface area contributed by atoms with E-state index in [0.29, 0.717) is 28.6 Å². The molecule has 1 heterocycles. The van der Waals surface area contributed by atoms with Crippen LogP contribution in [0.3, 0.4) is 0 Å². The molecule has 0 radical (unpaired) electrons. The third kappa shape index (κ3) is 3.02. The zero-order valence-corrected chi connectivity index (χ0v) is 14.0. The highest BCUT2D eigenvalue weighted by molar-refractivity contribution is 6.01. The van der Waals surface area contributed by atoms with E-state index in [1.807, 2.05) is 24.3 Å². The van der Waals surface area contributed by atoms with E-state index in [0.717, 1.165) is 0 Å². The molecule has 132 valence electrons. The molecule has 0 saturated heterocycles. The Kier molecular flexibility index (Phi) is 4.10. The summed E-state index contributed by atoms with van der Waals surface area (Å²) in [4.78, 5) is 22.5. The molecule has 4 aromatic rings. The van der Waals surface area contributed by atoms with Crippen LogP contribution in [0.2, 0.25) is 0 Å². The van der Waals surface area contributed by atoms with Crippen molar-refractivity contribution >= 4 is 22.9 Å². The van der Waals surface area contributed by atoms with Gasteiger partial charge in [0, 0.05) is 6.07 Å². The van der Waals surface area contributed by atoms with E-state index in [-0.39, 0.29) is 17.1 Å². The number of carbonyl (C=O) groups is 1. The third-order valence-corrected chi connectivity index (χ3v) is 4.05. The van der Waals surface area contributed by atoms with E-state index >= 15 is 0 Å². The zero-order chi connectivity index (χ0) is 18.8. The number of hydrogen-bond donors (Lipinski definition) is 0. The van der Waals surface area contributed by atoms with Crippen LogP contribution in [0, 0.1) is 10.1 Å². The predicted molar refractivity (Wildman–Crippen MR) is 99.6 cm³/mol. The summed E-state index contributed by atoms with van der Waals surface area (Å²) in [6, 6.07) is 20.7. The summed E-state index contributed by atoms with van der Waals surface area (Å²) in [5.41, 5.74) is 1.10. The normalized spacial score (nSPS) is 10.7. The standard InChI is InChI=1S/C20H13N3O4/c24-13-17-20-18(22(21-17)14-7-3-1-4-8-14)11-15(23(25)26)12-19(20)27-16-9-5-2-6-10-16/h1-13H. The number of benzene rings is 3. The number of aromatic nitrogens is 2. The number of nitrogens with zero attached hydrogens (tertiary/aromatic N) is 3. The number of nitro benzene ring substituents is 1. The summed E-state index contributed by atoms with van der Waals surface area (Å²) in [6.45, 7) is 0. The number of fused-ring (bicyclic) bond motifs is 1. The van der Waals surface area contributed by atoms with Gasteiger partial charge in [0.25, 0.3) is 5.69 Å². The third-order valence-electron chi connectivity index (χ3n) is 4.05. The molecule has 0 N–H and O–H groups in total. The summed E-state index contributed by atoms with van der Waals surface area (Å²) in [5.74, 6) is 0.707. The average molecular weight is 359 g/mol. The first-order valence-corrected chi connectivity index (χ1v) is 8.12. The molecular weight excluding hydrogens is 346 g/mol. The van der Waals surface area contributed by atoms with E-state index < -0.39 is 4.92 Å². The minimum Gasteiger partial charge on any atom is -0.456 e. The Labute approximate surface area is 153 Å². The lowest BCUT2D eigenvalue weighted by Crippen LogP contribution is -1.97. The van der Waals surface area contributed by atoms with Crippen molar-refractivity contribution in [3.63, 3.8) is 0 Å². The smallest absolute Gasteiger partial charge is 0.275 e. The highest BCUT2D eigenvalue weighted by Crippen LogP contribution is 2.36. The SMILES string of the molecule is O=Cc1nn(-c2ccccc2)c2cc([N+](=O)[O-])cc(Oc3ccccc3)c12. The Balaban J connectivity index is 2.00. The Morgan fingerprint density at radius 3 is 2.30 bits per heavy atom. The first-order chi connectivity index (χ1) is 13.2. The van der Waals surface area contributed by atoms with Gasteiger partial charge < -0.3 is 4.74 Å². The van der Waals surface area contributed by atoms with Gasteiger partial charge in [0.1, 0.15) is 17.2 Å². The van der Waals surface area contributed by atoms with E-state index in [1.165, 1.54) is 16.8 Å². The fourth-order valence-electron chi connectivity index (χ4n) is 2.87. The van der Waals surface area contributed by atoms with Crippen LogP contribution in [-0.4, -0.2) is 21.0 Å². The Bertz CT molecular complexity index is 1140. The summed E-state index contributed by atoms with van der Waals surface area (Å²) in [7, 11) is 0. The van der Waals surface area contributed by atoms with Crippen LogP contribution in [0.15, 0.2) is 72.8 Å². The van der Waals surface area contributed by atoms with Gasteiger partial charge in [-0.3, -0.25) is 14.9 Å². The Morgan fingerprint density at radius 2 is 1.67 bits per heavy atom. The second-order valence-corrected chi connectivity index (χ2v) is 5.76. The van der Waals surface area contributed by atoms with Gasteiger partial charge >= 0.3 is 0 Å². The highest BCUT2D eigenvalue weighted by atomic mass is 16.6. The molecule has 0 atom stereocenters. The topological polar surface area (TPSA) is 87.3 Å². The summed E-state index contributed by atoms with van der Waals surface area (Å²) in [5, 5.41) is 16.2. The predicted octanol–water partition coefficient (Wildman–Crippen LogP) is 4.54. The zero-order valence-electron chi connectivity index (χ0n) is 14.0. The fraction of sp³-hybridized carbons (Fsp3) is 0. The molecule has 0 bridgehead atoms. The van der Waals surface area contributed by atoms with E-state index in [1.54, 1.807) is 36.4 Å². The molecule has 4 rings (SSSR count). The molecule has 3 aromatic carbocycles. The van der Waals surface area contributed by atoms with Gasteiger partial charge in [-0.2, -0.15) is 5.10 Å². The summed E-state index contributed by atoms with van der Waals surface area (Å²) in [6.07, 6.45) is 0.617. The molecule has 7 nitrogen and oxygen atoms in total. The van der Waals surface area contributed by atoms with Crippen molar-refractivity contribution in [2.45, 2.75) is 0 Å². The van der Waals surface area contributed by atoms with Crippen molar-refractivity contribution in [3.05, 3.63) is 88.6 Å². The van der Waals surface area contributed by atoms with Gasteiger partial charge in [0.05, 0.1) is 27.6 Å². The van der Waals surface area contributed by atoms with Crippen molar-refractivity contribution in [2.24, 2.45) is 0 Å². The minimum atomic E-state index is -0.500. The van der Waals surface area contributed by atoms with Crippen LogP contribution in [0.25, 0.3) is 16.6 Å². The maximum atomic E-state index is 11.6. The summed E-state index contributed by atoms with van der Waals surface area (Å²) < 4.78 is 7.36. The van der Waals surface area contributed by atoms with Gasteiger partial charge in [0.15, 0.2) is 6.29 Å². The molecule has 0 aliphatic heterocycles. The molecule has 0 amide bonds. The van der Waals surface area contributed by atoms with Gasteiger partial charge in [0.2, 0.25) is 0 Å². The van der Waals surface area contributed by atoms with Crippen LogP contribution < -0.4 is 4.74 Å². The lowest BCUT2D eigenvalue weighted by atomic mass is 10.1.